The molecule has 0 bridgehead atoms. The van der Waals surface area contributed by atoms with Crippen molar-refractivity contribution < 1.29 is 14.3 Å². The van der Waals surface area contributed by atoms with Crippen LogP contribution in [0.1, 0.15) is 50.0 Å². The maximum Gasteiger partial charge on any atom is 0.306 e. The molecule has 1 N–H and O–H groups in total. The first-order valence-electron chi connectivity index (χ1n) is 7.63. The molecule has 0 spiro atoms. The fourth-order valence-electron chi connectivity index (χ4n) is 2.85. The molecule has 1 aromatic carbocycles. The van der Waals surface area contributed by atoms with Crippen LogP contribution in [-0.2, 0) is 14.3 Å². The molecular formula is C17H23NO3. The van der Waals surface area contributed by atoms with E-state index in [2.05, 4.69) is 5.32 Å². The minimum absolute atomic E-state index is 0.0708. The first-order valence-corrected chi connectivity index (χ1v) is 7.63. The van der Waals surface area contributed by atoms with Gasteiger partial charge in [0.1, 0.15) is 0 Å². The molecule has 1 aromatic rings. The lowest BCUT2D eigenvalue weighted by Gasteiger charge is -2.25. The van der Waals surface area contributed by atoms with Gasteiger partial charge >= 0.3 is 5.97 Å². The minimum atomic E-state index is -0.472. The number of rotatable bonds is 5. The van der Waals surface area contributed by atoms with Gasteiger partial charge in [0.2, 0.25) is 5.91 Å². The summed E-state index contributed by atoms with van der Waals surface area (Å²) in [4.78, 5) is 24.1. The largest absolute Gasteiger partial charge is 0.469 e. The number of carbonyl (C=O) groups excluding carboxylic acids is 2. The number of amides is 1. The highest BCUT2D eigenvalue weighted by Crippen LogP contribution is 2.23. The number of nitrogens with one attached hydrogen (secondary N) is 1. The molecule has 114 valence electrons. The SMILES string of the molecule is COC(=O)CC(C(=O)NC1CCCCC1)c1ccccc1. The van der Waals surface area contributed by atoms with Gasteiger partial charge in [0.15, 0.2) is 0 Å². The lowest BCUT2D eigenvalue weighted by Crippen LogP contribution is -2.39. The Morgan fingerprint density at radius 2 is 1.86 bits per heavy atom. The van der Waals surface area contributed by atoms with Gasteiger partial charge in [-0.25, -0.2) is 0 Å². The maximum atomic E-state index is 12.5. The Morgan fingerprint density at radius 3 is 2.48 bits per heavy atom. The summed E-state index contributed by atoms with van der Waals surface area (Å²) in [5.74, 6) is -0.901. The van der Waals surface area contributed by atoms with Crippen LogP contribution in [-0.4, -0.2) is 25.0 Å². The van der Waals surface area contributed by atoms with Crippen LogP contribution in [0.2, 0.25) is 0 Å². The smallest absolute Gasteiger partial charge is 0.306 e. The van der Waals surface area contributed by atoms with E-state index in [9.17, 15) is 9.59 Å². The normalized spacial score (nSPS) is 17.0. The zero-order valence-electron chi connectivity index (χ0n) is 12.5. The van der Waals surface area contributed by atoms with Crippen LogP contribution >= 0.6 is 0 Å². The highest BCUT2D eigenvalue weighted by Gasteiger charge is 2.26. The summed E-state index contributed by atoms with van der Waals surface area (Å²) in [6.45, 7) is 0. The Balaban J connectivity index is 2.06. The van der Waals surface area contributed by atoms with Gasteiger partial charge in [0.25, 0.3) is 0 Å². The third-order valence-electron chi connectivity index (χ3n) is 4.07. The summed E-state index contributed by atoms with van der Waals surface area (Å²) in [5, 5.41) is 3.10. The first-order chi connectivity index (χ1) is 10.2. The van der Waals surface area contributed by atoms with Crippen LogP contribution in [0.3, 0.4) is 0 Å². The molecule has 0 aromatic heterocycles. The van der Waals surface area contributed by atoms with Crippen molar-refractivity contribution in [1.82, 2.24) is 5.32 Å². The maximum absolute atomic E-state index is 12.5. The van der Waals surface area contributed by atoms with Crippen LogP contribution < -0.4 is 5.32 Å². The van der Waals surface area contributed by atoms with Gasteiger partial charge in [0, 0.05) is 6.04 Å². The van der Waals surface area contributed by atoms with Crippen molar-refractivity contribution in [3.05, 3.63) is 35.9 Å². The van der Waals surface area contributed by atoms with Crippen molar-refractivity contribution in [2.75, 3.05) is 7.11 Å². The van der Waals surface area contributed by atoms with Gasteiger partial charge in [-0.2, -0.15) is 0 Å². The molecule has 0 heterocycles. The predicted molar refractivity (Wildman–Crippen MR) is 80.8 cm³/mol. The second-order valence-corrected chi connectivity index (χ2v) is 5.59. The van der Waals surface area contributed by atoms with E-state index < -0.39 is 5.92 Å². The minimum Gasteiger partial charge on any atom is -0.469 e. The number of methoxy groups -OCH3 is 1. The Kier molecular flexibility index (Phi) is 5.78. The molecule has 0 aliphatic heterocycles. The molecule has 1 unspecified atom stereocenters. The van der Waals surface area contributed by atoms with E-state index in [1.807, 2.05) is 30.3 Å². The quantitative estimate of drug-likeness (QED) is 0.848. The van der Waals surface area contributed by atoms with Crippen LogP contribution in [0.4, 0.5) is 0 Å². The van der Waals surface area contributed by atoms with Gasteiger partial charge in [-0.3, -0.25) is 9.59 Å². The topological polar surface area (TPSA) is 55.4 Å². The average molecular weight is 289 g/mol. The van der Waals surface area contributed by atoms with Crippen LogP contribution in [0, 0.1) is 0 Å². The number of ether oxygens (including phenoxy) is 1. The summed E-state index contributed by atoms with van der Waals surface area (Å²) >= 11 is 0. The van der Waals surface area contributed by atoms with E-state index in [0.29, 0.717) is 0 Å². The van der Waals surface area contributed by atoms with Crippen molar-refractivity contribution in [2.24, 2.45) is 0 Å². The number of hydrogen-bond donors (Lipinski definition) is 1. The third kappa shape index (κ3) is 4.59. The molecule has 1 amide bonds. The van der Waals surface area contributed by atoms with Crippen LogP contribution in [0.25, 0.3) is 0 Å². The molecule has 0 radical (unpaired) electrons. The Bertz CT molecular complexity index is 466. The van der Waals surface area contributed by atoms with E-state index in [0.717, 1.165) is 31.2 Å². The summed E-state index contributed by atoms with van der Waals surface area (Å²) in [7, 11) is 1.35. The zero-order valence-corrected chi connectivity index (χ0v) is 12.5. The van der Waals surface area contributed by atoms with Gasteiger partial charge < -0.3 is 10.1 Å². The van der Waals surface area contributed by atoms with Crippen LogP contribution in [0.5, 0.6) is 0 Å². The third-order valence-corrected chi connectivity index (χ3v) is 4.07. The van der Waals surface area contributed by atoms with Crippen molar-refractivity contribution in [3.8, 4) is 0 Å². The van der Waals surface area contributed by atoms with Gasteiger partial charge in [-0.05, 0) is 18.4 Å². The number of benzene rings is 1. The van der Waals surface area contributed by atoms with E-state index in [-0.39, 0.29) is 24.3 Å². The molecule has 4 heteroatoms. The van der Waals surface area contributed by atoms with E-state index >= 15 is 0 Å². The highest BCUT2D eigenvalue weighted by molar-refractivity contribution is 5.88. The Morgan fingerprint density at radius 1 is 1.19 bits per heavy atom. The molecule has 1 aliphatic carbocycles. The summed E-state index contributed by atoms with van der Waals surface area (Å²) in [6, 6.07) is 9.68. The summed E-state index contributed by atoms with van der Waals surface area (Å²) in [5.41, 5.74) is 0.858. The fraction of sp³-hybridized carbons (Fsp3) is 0.529. The molecule has 1 aliphatic rings. The van der Waals surface area contributed by atoms with Gasteiger partial charge in [-0.1, -0.05) is 49.6 Å². The molecule has 1 atom stereocenters. The molecule has 1 fully saturated rings. The van der Waals surface area contributed by atoms with Crippen LogP contribution in [0.15, 0.2) is 30.3 Å². The zero-order chi connectivity index (χ0) is 15.1. The van der Waals surface area contributed by atoms with Crippen molar-refractivity contribution in [1.29, 1.82) is 0 Å². The van der Waals surface area contributed by atoms with Crippen molar-refractivity contribution in [2.45, 2.75) is 50.5 Å². The number of esters is 1. The van der Waals surface area contributed by atoms with Gasteiger partial charge in [-0.15, -0.1) is 0 Å². The fourth-order valence-corrected chi connectivity index (χ4v) is 2.85. The van der Waals surface area contributed by atoms with Crippen molar-refractivity contribution >= 4 is 11.9 Å². The average Bonchev–Trinajstić information content (AvgIpc) is 2.54. The summed E-state index contributed by atoms with van der Waals surface area (Å²) < 4.78 is 4.72. The second-order valence-electron chi connectivity index (χ2n) is 5.59. The Labute approximate surface area is 125 Å². The first kappa shape index (κ1) is 15.5. The van der Waals surface area contributed by atoms with E-state index in [1.165, 1.54) is 13.5 Å². The predicted octanol–water partition coefficient (Wildman–Crippen LogP) is 2.78. The lowest BCUT2D eigenvalue weighted by molar-refractivity contribution is -0.143. The Hall–Kier alpha value is -1.84. The molecule has 21 heavy (non-hydrogen) atoms. The standard InChI is InChI=1S/C17H23NO3/c1-21-16(19)12-15(13-8-4-2-5-9-13)17(20)18-14-10-6-3-7-11-14/h2,4-5,8-9,14-15H,3,6-7,10-12H2,1H3,(H,18,20). The molecule has 2 rings (SSSR count). The molecule has 0 saturated heterocycles. The van der Waals surface area contributed by atoms with E-state index in [4.69, 9.17) is 4.74 Å². The second kappa shape index (κ2) is 7.81. The lowest BCUT2D eigenvalue weighted by atomic mass is 9.92. The monoisotopic (exact) mass is 289 g/mol. The number of carbonyl (C=O) groups is 2. The molecule has 4 nitrogen and oxygen atoms in total. The summed E-state index contributed by atoms with van der Waals surface area (Å²) in [6.07, 6.45) is 5.72. The van der Waals surface area contributed by atoms with E-state index in [1.54, 1.807) is 0 Å². The highest BCUT2D eigenvalue weighted by atomic mass is 16.5. The number of hydrogen-bond acceptors (Lipinski definition) is 3. The van der Waals surface area contributed by atoms with Crippen molar-refractivity contribution in [3.63, 3.8) is 0 Å². The molecule has 1 saturated carbocycles. The van der Waals surface area contributed by atoms with Gasteiger partial charge in [0.05, 0.1) is 19.4 Å². The molecular weight excluding hydrogens is 266 g/mol.